The third kappa shape index (κ3) is 3.76. The molecule has 3 N–H and O–H groups in total. The standard InChI is InChI=1S/C12H24N4/c1-4-5-7-11(14-13)12-10-15(2)8-6-9-16(12)3/h11-12,14H,6-10,13H2,1-3H3. The summed E-state index contributed by atoms with van der Waals surface area (Å²) < 4.78 is 0. The molecule has 1 fully saturated rings. The van der Waals surface area contributed by atoms with Crippen LogP contribution in [0.2, 0.25) is 0 Å². The van der Waals surface area contributed by atoms with E-state index >= 15 is 0 Å². The molecule has 0 aliphatic carbocycles. The molecule has 0 aromatic carbocycles. The zero-order valence-electron chi connectivity index (χ0n) is 10.7. The van der Waals surface area contributed by atoms with Crippen molar-refractivity contribution in [2.75, 3.05) is 33.7 Å². The Labute approximate surface area is 99.1 Å². The largest absolute Gasteiger partial charge is 0.305 e. The highest BCUT2D eigenvalue weighted by Gasteiger charge is 2.27. The second kappa shape index (κ2) is 6.87. The molecule has 1 saturated heterocycles. The van der Waals surface area contributed by atoms with E-state index in [1.807, 2.05) is 6.92 Å². The molecule has 4 nitrogen and oxygen atoms in total. The van der Waals surface area contributed by atoms with Crippen LogP contribution in [0.1, 0.15) is 19.8 Å². The van der Waals surface area contributed by atoms with Gasteiger partial charge in [0.15, 0.2) is 0 Å². The van der Waals surface area contributed by atoms with Gasteiger partial charge in [0.05, 0.1) is 0 Å². The topological polar surface area (TPSA) is 44.5 Å². The molecular weight excluding hydrogens is 200 g/mol. The van der Waals surface area contributed by atoms with Crippen LogP contribution < -0.4 is 11.3 Å². The minimum absolute atomic E-state index is 0.248. The Morgan fingerprint density at radius 1 is 1.44 bits per heavy atom. The normalized spacial score (nSPS) is 25.6. The molecule has 0 aromatic heterocycles. The van der Waals surface area contributed by atoms with Gasteiger partial charge in [0, 0.05) is 25.0 Å². The third-order valence-electron chi connectivity index (χ3n) is 3.29. The number of hydrogen-bond donors (Lipinski definition) is 2. The molecule has 16 heavy (non-hydrogen) atoms. The van der Waals surface area contributed by atoms with Crippen LogP contribution in [0.4, 0.5) is 0 Å². The van der Waals surface area contributed by atoms with E-state index in [2.05, 4.69) is 41.2 Å². The van der Waals surface area contributed by atoms with Gasteiger partial charge in [0.1, 0.15) is 0 Å². The van der Waals surface area contributed by atoms with Gasteiger partial charge < -0.3 is 9.80 Å². The number of hydrogen-bond acceptors (Lipinski definition) is 4. The summed E-state index contributed by atoms with van der Waals surface area (Å²) in [4.78, 5) is 4.77. The molecule has 4 heteroatoms. The van der Waals surface area contributed by atoms with E-state index in [9.17, 15) is 0 Å². The predicted molar refractivity (Wildman–Crippen MR) is 67.7 cm³/mol. The van der Waals surface area contributed by atoms with E-state index in [1.165, 1.54) is 6.42 Å². The van der Waals surface area contributed by atoms with Crippen molar-refractivity contribution < 1.29 is 0 Å². The number of nitrogens with zero attached hydrogens (tertiary/aromatic N) is 2. The first-order valence-electron chi connectivity index (χ1n) is 5.93. The molecule has 0 amide bonds. The summed E-state index contributed by atoms with van der Waals surface area (Å²) >= 11 is 0. The number of rotatable bonds is 3. The van der Waals surface area contributed by atoms with Gasteiger partial charge in [0.2, 0.25) is 0 Å². The lowest BCUT2D eigenvalue weighted by Gasteiger charge is -2.33. The quantitative estimate of drug-likeness (QED) is 0.398. The fourth-order valence-corrected chi connectivity index (χ4v) is 2.26. The van der Waals surface area contributed by atoms with E-state index < -0.39 is 0 Å². The van der Waals surface area contributed by atoms with Crippen molar-refractivity contribution in [1.82, 2.24) is 15.2 Å². The van der Waals surface area contributed by atoms with Crippen molar-refractivity contribution in [1.29, 1.82) is 0 Å². The van der Waals surface area contributed by atoms with Gasteiger partial charge >= 0.3 is 0 Å². The Hall–Kier alpha value is -0.600. The van der Waals surface area contributed by atoms with Gasteiger partial charge in [0.25, 0.3) is 0 Å². The van der Waals surface area contributed by atoms with E-state index in [-0.39, 0.29) is 6.04 Å². The Balaban J connectivity index is 2.65. The van der Waals surface area contributed by atoms with Gasteiger partial charge in [-0.25, -0.2) is 0 Å². The van der Waals surface area contributed by atoms with Crippen LogP contribution in [-0.4, -0.2) is 55.6 Å². The summed E-state index contributed by atoms with van der Waals surface area (Å²) in [6.07, 6.45) is 2.04. The van der Waals surface area contributed by atoms with Crippen LogP contribution in [-0.2, 0) is 0 Å². The summed E-state index contributed by atoms with van der Waals surface area (Å²) in [6, 6.07) is 0.691. The molecule has 0 radical (unpaired) electrons. The summed E-state index contributed by atoms with van der Waals surface area (Å²) in [7, 11) is 4.35. The van der Waals surface area contributed by atoms with Crippen molar-refractivity contribution in [3.63, 3.8) is 0 Å². The van der Waals surface area contributed by atoms with Crippen LogP contribution in [0.15, 0.2) is 0 Å². The second-order valence-electron chi connectivity index (χ2n) is 4.57. The Morgan fingerprint density at radius 3 is 2.81 bits per heavy atom. The highest BCUT2D eigenvalue weighted by molar-refractivity contribution is 5.01. The van der Waals surface area contributed by atoms with Crippen molar-refractivity contribution in [3.8, 4) is 11.8 Å². The molecule has 2 unspecified atom stereocenters. The second-order valence-corrected chi connectivity index (χ2v) is 4.57. The molecule has 92 valence electrons. The average Bonchev–Trinajstić information content (AvgIpc) is 2.43. The summed E-state index contributed by atoms with van der Waals surface area (Å²) in [5, 5.41) is 0. The van der Waals surface area contributed by atoms with Gasteiger partial charge in [-0.05, 0) is 40.5 Å². The molecule has 0 aromatic rings. The average molecular weight is 224 g/mol. The lowest BCUT2D eigenvalue weighted by Crippen LogP contribution is -2.54. The van der Waals surface area contributed by atoms with E-state index in [1.54, 1.807) is 0 Å². The molecule has 1 rings (SSSR count). The first-order chi connectivity index (χ1) is 7.69. The Morgan fingerprint density at radius 2 is 2.19 bits per heavy atom. The molecular formula is C12H24N4. The van der Waals surface area contributed by atoms with Crippen molar-refractivity contribution in [2.45, 2.75) is 31.8 Å². The molecule has 1 heterocycles. The molecule has 0 saturated carbocycles. The minimum atomic E-state index is 0.248. The number of nitrogens with two attached hydrogens (primary N) is 1. The monoisotopic (exact) mass is 224 g/mol. The molecule has 0 spiro atoms. The lowest BCUT2D eigenvalue weighted by atomic mass is 10.0. The van der Waals surface area contributed by atoms with Crippen LogP contribution in [0, 0.1) is 11.8 Å². The first-order valence-corrected chi connectivity index (χ1v) is 5.93. The van der Waals surface area contributed by atoms with E-state index in [0.29, 0.717) is 6.04 Å². The molecule has 1 aliphatic heterocycles. The Bertz CT molecular complexity index is 255. The molecule has 0 bridgehead atoms. The van der Waals surface area contributed by atoms with Gasteiger partial charge in [-0.15, -0.1) is 11.8 Å². The van der Waals surface area contributed by atoms with Gasteiger partial charge in [-0.2, -0.15) is 0 Å². The smallest absolute Gasteiger partial charge is 0.0487 e. The molecule has 1 aliphatic rings. The maximum atomic E-state index is 5.64. The van der Waals surface area contributed by atoms with Crippen molar-refractivity contribution >= 4 is 0 Å². The lowest BCUT2D eigenvalue weighted by molar-refractivity contribution is 0.179. The highest BCUT2D eigenvalue weighted by atomic mass is 15.3. The number of likely N-dealkylation sites (N-methyl/N-ethyl adjacent to an activating group) is 2. The number of hydrazine groups is 1. The summed E-state index contributed by atoms with van der Waals surface area (Å²) in [6.45, 7) is 5.22. The Kier molecular flexibility index (Phi) is 5.78. The van der Waals surface area contributed by atoms with E-state index in [0.717, 1.165) is 26.1 Å². The number of nitrogens with one attached hydrogen (secondary N) is 1. The zero-order chi connectivity index (χ0) is 12.0. The predicted octanol–water partition coefficient (Wildman–Crippen LogP) is -0.132. The summed E-state index contributed by atoms with van der Waals surface area (Å²) in [5.41, 5.74) is 2.91. The molecule has 2 atom stereocenters. The van der Waals surface area contributed by atoms with Crippen LogP contribution in [0.5, 0.6) is 0 Å². The minimum Gasteiger partial charge on any atom is -0.305 e. The van der Waals surface area contributed by atoms with Crippen LogP contribution >= 0.6 is 0 Å². The van der Waals surface area contributed by atoms with Crippen molar-refractivity contribution in [2.24, 2.45) is 5.84 Å². The fourth-order valence-electron chi connectivity index (χ4n) is 2.26. The van der Waals surface area contributed by atoms with Crippen LogP contribution in [0.25, 0.3) is 0 Å². The fraction of sp³-hybridized carbons (Fsp3) is 0.833. The zero-order valence-corrected chi connectivity index (χ0v) is 10.7. The SMILES string of the molecule is CC#CCC(NN)C1CN(C)CCCN1C. The maximum absolute atomic E-state index is 5.64. The van der Waals surface area contributed by atoms with E-state index in [4.69, 9.17) is 5.84 Å². The van der Waals surface area contributed by atoms with Gasteiger partial charge in [-0.1, -0.05) is 0 Å². The summed E-state index contributed by atoms with van der Waals surface area (Å²) in [5.74, 6) is 11.7. The van der Waals surface area contributed by atoms with Crippen molar-refractivity contribution in [3.05, 3.63) is 0 Å². The third-order valence-corrected chi connectivity index (χ3v) is 3.29. The first kappa shape index (κ1) is 13.5. The highest BCUT2D eigenvalue weighted by Crippen LogP contribution is 2.11. The maximum Gasteiger partial charge on any atom is 0.0487 e. The van der Waals surface area contributed by atoms with Gasteiger partial charge in [-0.3, -0.25) is 11.3 Å². The van der Waals surface area contributed by atoms with Crippen LogP contribution in [0.3, 0.4) is 0 Å².